The summed E-state index contributed by atoms with van der Waals surface area (Å²) in [5, 5.41) is 10.0. The highest BCUT2D eigenvalue weighted by molar-refractivity contribution is 6.30. The fraction of sp³-hybridized carbons (Fsp3) is 0.217. The third-order valence-electron chi connectivity index (χ3n) is 4.64. The topological polar surface area (TPSA) is 64.4 Å². The van der Waals surface area contributed by atoms with Crippen LogP contribution in [-0.4, -0.2) is 27.7 Å². The van der Waals surface area contributed by atoms with Crippen molar-refractivity contribution in [2.45, 2.75) is 26.5 Å². The van der Waals surface area contributed by atoms with E-state index in [0.29, 0.717) is 28.8 Å². The van der Waals surface area contributed by atoms with Gasteiger partial charge in [0.1, 0.15) is 5.82 Å². The number of benzene rings is 2. The molecule has 1 N–H and O–H groups in total. The van der Waals surface area contributed by atoms with E-state index in [1.807, 2.05) is 66.1 Å². The lowest BCUT2D eigenvalue weighted by molar-refractivity contribution is 0.0601. The average molecular weight is 411 g/mol. The second-order valence-electron chi connectivity index (χ2n) is 6.50. The van der Waals surface area contributed by atoms with Gasteiger partial charge in [-0.3, -0.25) is 0 Å². The molecule has 5 nitrogen and oxygen atoms in total. The lowest BCUT2D eigenvalue weighted by Crippen LogP contribution is -2.07. The number of carbonyl (C=O) groups is 1. The van der Waals surface area contributed by atoms with Gasteiger partial charge in [-0.1, -0.05) is 67.1 Å². The van der Waals surface area contributed by atoms with Crippen LogP contribution in [0.1, 0.15) is 40.8 Å². The van der Waals surface area contributed by atoms with Crippen LogP contribution in [-0.2, 0) is 17.9 Å². The first kappa shape index (κ1) is 20.8. The van der Waals surface area contributed by atoms with Crippen LogP contribution in [0.15, 0.2) is 54.6 Å². The van der Waals surface area contributed by atoms with Crippen LogP contribution in [0.4, 0.5) is 0 Å². The Balaban J connectivity index is 1.92. The summed E-state index contributed by atoms with van der Waals surface area (Å²) in [6, 6.07) is 15.3. The first-order valence-electron chi connectivity index (χ1n) is 9.38. The maximum atomic E-state index is 12.0. The van der Waals surface area contributed by atoms with E-state index in [9.17, 15) is 9.90 Å². The Morgan fingerprint density at radius 3 is 2.59 bits per heavy atom. The molecule has 0 saturated heterocycles. The second kappa shape index (κ2) is 9.54. The number of aliphatic hydroxyl groups excluding tert-OH is 1. The molecule has 0 bridgehead atoms. The van der Waals surface area contributed by atoms with Crippen LogP contribution in [0.2, 0.25) is 5.15 Å². The van der Waals surface area contributed by atoms with Crippen molar-refractivity contribution in [1.29, 1.82) is 0 Å². The fourth-order valence-corrected chi connectivity index (χ4v) is 3.40. The molecule has 1 aromatic heterocycles. The molecule has 29 heavy (non-hydrogen) atoms. The molecule has 3 aromatic rings. The molecule has 2 aromatic carbocycles. The van der Waals surface area contributed by atoms with E-state index < -0.39 is 0 Å². The number of hydrogen-bond acceptors (Lipinski definition) is 4. The number of allylic oxidation sites excluding steroid dienone is 1. The monoisotopic (exact) mass is 410 g/mol. The Kier molecular flexibility index (Phi) is 6.86. The Morgan fingerprint density at radius 2 is 1.93 bits per heavy atom. The quantitative estimate of drug-likeness (QED) is 0.559. The largest absolute Gasteiger partial charge is 0.465 e. The van der Waals surface area contributed by atoms with Crippen LogP contribution in [0, 0.1) is 0 Å². The van der Waals surface area contributed by atoms with E-state index >= 15 is 0 Å². The minimum atomic E-state index is -0.363. The van der Waals surface area contributed by atoms with Crippen molar-refractivity contribution in [3.8, 4) is 11.1 Å². The summed E-state index contributed by atoms with van der Waals surface area (Å²) in [4.78, 5) is 16.4. The number of methoxy groups -OCH3 is 1. The van der Waals surface area contributed by atoms with Crippen LogP contribution in [0.3, 0.4) is 0 Å². The van der Waals surface area contributed by atoms with Crippen LogP contribution in [0.25, 0.3) is 17.2 Å². The maximum absolute atomic E-state index is 12.0. The molecule has 6 heteroatoms. The number of esters is 1. The van der Waals surface area contributed by atoms with Crippen LogP contribution < -0.4 is 0 Å². The minimum Gasteiger partial charge on any atom is -0.465 e. The van der Waals surface area contributed by atoms with Gasteiger partial charge in [-0.05, 0) is 35.3 Å². The van der Waals surface area contributed by atoms with E-state index in [2.05, 4.69) is 4.98 Å². The number of carbonyl (C=O) groups excluding carboxylic acids is 1. The van der Waals surface area contributed by atoms with Gasteiger partial charge in [-0.2, -0.15) is 0 Å². The van der Waals surface area contributed by atoms with Crippen molar-refractivity contribution in [2.24, 2.45) is 0 Å². The predicted octanol–water partition coefficient (Wildman–Crippen LogP) is 4.95. The van der Waals surface area contributed by atoms with Gasteiger partial charge < -0.3 is 14.4 Å². The number of aliphatic hydroxyl groups is 1. The molecule has 0 saturated carbocycles. The number of halogens is 1. The zero-order chi connectivity index (χ0) is 20.8. The molecular formula is C23H23ClN2O3. The average Bonchev–Trinajstić information content (AvgIpc) is 3.06. The van der Waals surface area contributed by atoms with Gasteiger partial charge in [0.15, 0.2) is 5.15 Å². The fourth-order valence-electron chi connectivity index (χ4n) is 3.15. The van der Waals surface area contributed by atoms with E-state index in [1.165, 1.54) is 7.11 Å². The highest BCUT2D eigenvalue weighted by atomic mass is 35.5. The van der Waals surface area contributed by atoms with Crippen molar-refractivity contribution in [3.63, 3.8) is 0 Å². The van der Waals surface area contributed by atoms with E-state index in [4.69, 9.17) is 16.3 Å². The van der Waals surface area contributed by atoms with Gasteiger partial charge in [-0.25, -0.2) is 9.78 Å². The number of hydrogen-bond donors (Lipinski definition) is 1. The Labute approximate surface area is 175 Å². The van der Waals surface area contributed by atoms with Gasteiger partial charge in [-0.15, -0.1) is 0 Å². The smallest absolute Gasteiger partial charge is 0.338 e. The number of ether oxygens (including phenoxy) is 1. The highest BCUT2D eigenvalue weighted by Crippen LogP contribution is 2.26. The number of aromatic nitrogens is 2. The van der Waals surface area contributed by atoms with E-state index in [0.717, 1.165) is 23.1 Å². The van der Waals surface area contributed by atoms with Crippen molar-refractivity contribution in [2.75, 3.05) is 7.11 Å². The summed E-state index contributed by atoms with van der Waals surface area (Å²) >= 11 is 6.19. The second-order valence-corrected chi connectivity index (χ2v) is 6.85. The molecule has 0 unspecified atom stereocenters. The van der Waals surface area contributed by atoms with Crippen molar-refractivity contribution in [1.82, 2.24) is 9.55 Å². The first-order chi connectivity index (χ1) is 14.1. The summed E-state index contributed by atoms with van der Waals surface area (Å²) in [6.45, 7) is 2.39. The molecule has 0 aliphatic heterocycles. The SMILES string of the molecule is CC/C=C/c1nc(Cl)c(CO)n1Cc1ccc(-c2ccccc2C(=O)OC)cc1. The van der Waals surface area contributed by atoms with Gasteiger partial charge in [0.25, 0.3) is 0 Å². The molecule has 0 fully saturated rings. The molecule has 1 heterocycles. The zero-order valence-electron chi connectivity index (χ0n) is 16.4. The van der Waals surface area contributed by atoms with Gasteiger partial charge in [0.05, 0.1) is 25.0 Å². The van der Waals surface area contributed by atoms with Crippen LogP contribution in [0.5, 0.6) is 0 Å². The molecule has 150 valence electrons. The molecule has 3 rings (SSSR count). The minimum absolute atomic E-state index is 0.184. The standard InChI is InChI=1S/C23H23ClN2O3/c1-3-4-9-21-25-22(24)20(15-27)26(21)14-16-10-12-17(13-11-16)18-7-5-6-8-19(18)23(28)29-2/h4-13,27H,3,14-15H2,1-2H3/b9-4+. The predicted molar refractivity (Wildman–Crippen MR) is 115 cm³/mol. The van der Waals surface area contributed by atoms with Crippen molar-refractivity contribution >= 4 is 23.6 Å². The number of rotatable bonds is 7. The Bertz CT molecular complexity index is 1020. The van der Waals surface area contributed by atoms with E-state index in [1.54, 1.807) is 6.07 Å². The molecule has 0 radical (unpaired) electrons. The summed E-state index contributed by atoms with van der Waals surface area (Å²) in [5.41, 5.74) is 3.88. The van der Waals surface area contributed by atoms with Crippen LogP contribution >= 0.6 is 11.6 Å². The van der Waals surface area contributed by atoms with E-state index in [-0.39, 0.29) is 12.6 Å². The summed E-state index contributed by atoms with van der Waals surface area (Å²) in [5.74, 6) is 0.346. The molecule has 0 amide bonds. The molecule has 0 aliphatic rings. The number of nitrogens with zero attached hydrogens (tertiary/aromatic N) is 2. The molecule has 0 atom stereocenters. The normalized spacial score (nSPS) is 11.2. The third kappa shape index (κ3) is 4.58. The Hall–Kier alpha value is -2.89. The first-order valence-corrected chi connectivity index (χ1v) is 9.75. The maximum Gasteiger partial charge on any atom is 0.338 e. The van der Waals surface area contributed by atoms with Gasteiger partial charge in [0, 0.05) is 6.54 Å². The van der Waals surface area contributed by atoms with Gasteiger partial charge >= 0.3 is 5.97 Å². The lowest BCUT2D eigenvalue weighted by atomic mass is 9.98. The molecule has 0 aliphatic carbocycles. The van der Waals surface area contributed by atoms with Crippen molar-refractivity contribution < 1.29 is 14.6 Å². The summed E-state index contributed by atoms with van der Waals surface area (Å²) in [7, 11) is 1.38. The summed E-state index contributed by atoms with van der Waals surface area (Å²) < 4.78 is 6.79. The molecule has 0 spiro atoms. The lowest BCUT2D eigenvalue weighted by Gasteiger charge is -2.11. The van der Waals surface area contributed by atoms with Crippen molar-refractivity contribution in [3.05, 3.63) is 82.4 Å². The molecular weight excluding hydrogens is 388 g/mol. The summed E-state index contributed by atoms with van der Waals surface area (Å²) in [6.07, 6.45) is 4.79. The zero-order valence-corrected chi connectivity index (χ0v) is 17.2. The third-order valence-corrected chi connectivity index (χ3v) is 4.95. The Morgan fingerprint density at radius 1 is 1.21 bits per heavy atom. The number of imidazole rings is 1. The van der Waals surface area contributed by atoms with Gasteiger partial charge in [0.2, 0.25) is 0 Å². The highest BCUT2D eigenvalue weighted by Gasteiger charge is 2.15.